The first-order valence-corrected chi connectivity index (χ1v) is 9.56. The smallest absolute Gasteiger partial charge is 0.240 e. The quantitative estimate of drug-likeness (QED) is 0.737. The van der Waals surface area contributed by atoms with Crippen molar-refractivity contribution in [1.29, 1.82) is 0 Å². The fourth-order valence-electron chi connectivity index (χ4n) is 2.89. The first-order chi connectivity index (χ1) is 11.8. The zero-order valence-electron chi connectivity index (χ0n) is 14.5. The van der Waals surface area contributed by atoms with Crippen LogP contribution in [0, 0.1) is 13.8 Å². The summed E-state index contributed by atoms with van der Waals surface area (Å²) in [6, 6.07) is 12.9. The van der Waals surface area contributed by atoms with Gasteiger partial charge < -0.3 is 9.67 Å². The lowest BCUT2D eigenvalue weighted by Gasteiger charge is -2.14. The molecule has 25 heavy (non-hydrogen) atoms. The molecule has 0 saturated heterocycles. The summed E-state index contributed by atoms with van der Waals surface area (Å²) in [6.07, 6.45) is 1.04. The molecule has 1 heterocycles. The second kappa shape index (κ2) is 6.63. The van der Waals surface area contributed by atoms with E-state index in [1.807, 2.05) is 55.1 Å². The summed E-state index contributed by atoms with van der Waals surface area (Å²) in [4.78, 5) is 0.248. The van der Waals surface area contributed by atoms with Crippen LogP contribution in [0.2, 0.25) is 0 Å². The third-order valence-electron chi connectivity index (χ3n) is 4.39. The number of fused-ring (bicyclic) bond motifs is 1. The molecule has 2 aromatic carbocycles. The zero-order valence-corrected chi connectivity index (χ0v) is 15.3. The topological polar surface area (TPSA) is 71.3 Å². The van der Waals surface area contributed by atoms with E-state index in [-0.39, 0.29) is 11.4 Å². The van der Waals surface area contributed by atoms with Crippen molar-refractivity contribution in [3.63, 3.8) is 0 Å². The van der Waals surface area contributed by atoms with E-state index in [2.05, 4.69) is 4.72 Å². The van der Waals surface area contributed by atoms with Crippen LogP contribution in [0.15, 0.2) is 53.6 Å². The van der Waals surface area contributed by atoms with Crippen molar-refractivity contribution in [2.45, 2.75) is 24.8 Å². The largest absolute Gasteiger partial charge is 0.387 e. The molecular weight excluding hydrogens is 336 g/mol. The third kappa shape index (κ3) is 3.61. The molecular formula is C19H22N2O3S. The first-order valence-electron chi connectivity index (χ1n) is 8.08. The van der Waals surface area contributed by atoms with Gasteiger partial charge in [0, 0.05) is 25.3 Å². The highest BCUT2D eigenvalue weighted by Gasteiger charge is 2.19. The number of sulfonamides is 1. The van der Waals surface area contributed by atoms with Crippen molar-refractivity contribution < 1.29 is 13.5 Å². The summed E-state index contributed by atoms with van der Waals surface area (Å²) in [6.45, 7) is 3.53. The van der Waals surface area contributed by atoms with Crippen LogP contribution in [0.5, 0.6) is 0 Å². The summed E-state index contributed by atoms with van der Waals surface area (Å²) in [5.74, 6) is 0. The van der Waals surface area contributed by atoms with E-state index in [1.54, 1.807) is 19.1 Å². The number of hydrogen-bond donors (Lipinski definition) is 2. The Bertz CT molecular complexity index is 1020. The summed E-state index contributed by atoms with van der Waals surface area (Å²) in [5.41, 5.74) is 3.30. The normalized spacial score (nSPS) is 13.3. The number of hydrogen-bond acceptors (Lipinski definition) is 3. The van der Waals surface area contributed by atoms with Gasteiger partial charge in [0.2, 0.25) is 10.0 Å². The highest BCUT2D eigenvalue weighted by atomic mass is 32.2. The van der Waals surface area contributed by atoms with E-state index in [0.29, 0.717) is 11.1 Å². The maximum absolute atomic E-state index is 12.5. The van der Waals surface area contributed by atoms with Gasteiger partial charge in [0.15, 0.2) is 0 Å². The molecule has 0 aliphatic heterocycles. The minimum absolute atomic E-state index is 0.0753. The van der Waals surface area contributed by atoms with Gasteiger partial charge in [0.1, 0.15) is 0 Å². The number of aromatic nitrogens is 1. The molecule has 0 amide bonds. The van der Waals surface area contributed by atoms with E-state index in [4.69, 9.17) is 0 Å². The van der Waals surface area contributed by atoms with Crippen molar-refractivity contribution in [3.8, 4) is 0 Å². The van der Waals surface area contributed by atoms with Gasteiger partial charge in [0.05, 0.1) is 11.0 Å². The van der Waals surface area contributed by atoms with Gasteiger partial charge in [-0.25, -0.2) is 13.1 Å². The van der Waals surface area contributed by atoms with E-state index >= 15 is 0 Å². The van der Waals surface area contributed by atoms with E-state index in [9.17, 15) is 13.5 Å². The van der Waals surface area contributed by atoms with Crippen LogP contribution in [-0.2, 0) is 17.1 Å². The molecule has 3 rings (SSSR count). The van der Waals surface area contributed by atoms with Gasteiger partial charge in [-0.2, -0.15) is 0 Å². The second-order valence-electron chi connectivity index (χ2n) is 6.38. The Kier molecular flexibility index (Phi) is 4.69. The van der Waals surface area contributed by atoms with Gasteiger partial charge >= 0.3 is 0 Å². The molecule has 0 bridgehead atoms. The molecule has 132 valence electrons. The van der Waals surface area contributed by atoms with E-state index < -0.39 is 16.1 Å². The van der Waals surface area contributed by atoms with Crippen LogP contribution in [0.25, 0.3) is 10.9 Å². The fourth-order valence-corrected chi connectivity index (χ4v) is 4.25. The monoisotopic (exact) mass is 358 g/mol. The lowest BCUT2D eigenvalue weighted by molar-refractivity contribution is 0.182. The van der Waals surface area contributed by atoms with Crippen LogP contribution in [-0.4, -0.2) is 24.6 Å². The summed E-state index contributed by atoms with van der Waals surface area (Å²) >= 11 is 0. The Morgan fingerprint density at radius 2 is 1.88 bits per heavy atom. The average molecular weight is 358 g/mol. The Balaban J connectivity index is 1.78. The second-order valence-corrected chi connectivity index (χ2v) is 8.12. The van der Waals surface area contributed by atoms with E-state index in [0.717, 1.165) is 16.5 Å². The molecule has 0 fully saturated rings. The van der Waals surface area contributed by atoms with Crippen LogP contribution >= 0.6 is 0 Å². The van der Waals surface area contributed by atoms with Crippen LogP contribution in [0.4, 0.5) is 0 Å². The fraction of sp³-hybridized carbons (Fsp3) is 0.263. The molecule has 0 radical (unpaired) electrons. The van der Waals surface area contributed by atoms with Gasteiger partial charge in [-0.3, -0.25) is 0 Å². The van der Waals surface area contributed by atoms with Crippen molar-refractivity contribution >= 4 is 20.9 Å². The van der Waals surface area contributed by atoms with Crippen molar-refractivity contribution in [3.05, 3.63) is 65.4 Å². The van der Waals surface area contributed by atoms with E-state index in [1.165, 1.54) is 0 Å². The molecule has 5 nitrogen and oxygen atoms in total. The zero-order chi connectivity index (χ0) is 18.2. The third-order valence-corrected chi connectivity index (χ3v) is 5.96. The predicted octanol–water partition coefficient (Wildman–Crippen LogP) is 2.81. The van der Waals surface area contributed by atoms with Crippen LogP contribution in [0.1, 0.15) is 22.8 Å². The lowest BCUT2D eigenvalue weighted by atomic mass is 10.1. The van der Waals surface area contributed by atoms with Gasteiger partial charge in [-0.05, 0) is 60.2 Å². The number of nitrogens with zero attached hydrogens (tertiary/aromatic N) is 1. The Morgan fingerprint density at radius 3 is 2.64 bits per heavy atom. The number of benzene rings is 2. The number of aliphatic hydroxyl groups excluding tert-OH is 1. The minimum Gasteiger partial charge on any atom is -0.387 e. The average Bonchev–Trinajstić information content (AvgIpc) is 2.95. The molecule has 0 aliphatic carbocycles. The molecule has 0 spiro atoms. The van der Waals surface area contributed by atoms with Crippen molar-refractivity contribution in [2.24, 2.45) is 7.05 Å². The molecule has 1 unspecified atom stereocenters. The summed E-state index contributed by atoms with van der Waals surface area (Å²) in [7, 11) is -1.71. The van der Waals surface area contributed by atoms with Gasteiger partial charge in [0.25, 0.3) is 0 Å². The standard InChI is InChI=1S/C19H22N2O3S/c1-13-4-5-14(2)19(10-13)25(23,24)20-12-18(22)16-6-7-17-15(11-16)8-9-21(17)3/h4-11,18,20,22H,12H2,1-3H3. The summed E-state index contributed by atoms with van der Waals surface area (Å²) < 4.78 is 29.6. The molecule has 3 aromatic rings. The summed E-state index contributed by atoms with van der Waals surface area (Å²) in [5, 5.41) is 11.4. The molecule has 2 N–H and O–H groups in total. The SMILES string of the molecule is Cc1ccc(C)c(S(=O)(=O)NCC(O)c2ccc3c(ccn3C)c2)c1. The van der Waals surface area contributed by atoms with Gasteiger partial charge in [-0.15, -0.1) is 0 Å². The maximum Gasteiger partial charge on any atom is 0.240 e. The first kappa shape index (κ1) is 17.7. The predicted molar refractivity (Wildman–Crippen MR) is 99.0 cm³/mol. The molecule has 0 aliphatic rings. The highest BCUT2D eigenvalue weighted by Crippen LogP contribution is 2.22. The Morgan fingerprint density at radius 1 is 1.12 bits per heavy atom. The van der Waals surface area contributed by atoms with Crippen molar-refractivity contribution in [1.82, 2.24) is 9.29 Å². The Labute approximate surface area is 148 Å². The van der Waals surface area contributed by atoms with Crippen LogP contribution in [0.3, 0.4) is 0 Å². The molecule has 0 saturated carbocycles. The highest BCUT2D eigenvalue weighted by molar-refractivity contribution is 7.89. The molecule has 1 atom stereocenters. The number of aliphatic hydroxyl groups is 1. The minimum atomic E-state index is -3.67. The number of rotatable bonds is 5. The molecule has 6 heteroatoms. The maximum atomic E-state index is 12.5. The lowest BCUT2D eigenvalue weighted by Crippen LogP contribution is -2.29. The molecule has 1 aromatic heterocycles. The van der Waals surface area contributed by atoms with Crippen molar-refractivity contribution in [2.75, 3.05) is 6.54 Å². The number of aryl methyl sites for hydroxylation is 3. The van der Waals surface area contributed by atoms with Gasteiger partial charge in [-0.1, -0.05) is 18.2 Å². The van der Waals surface area contributed by atoms with Crippen LogP contribution < -0.4 is 4.72 Å². The Hall–Kier alpha value is -2.15. The number of nitrogens with one attached hydrogen (secondary N) is 1.